The van der Waals surface area contributed by atoms with Crippen LogP contribution in [0.25, 0.3) is 0 Å². The van der Waals surface area contributed by atoms with Crippen molar-refractivity contribution in [3.63, 3.8) is 0 Å². The highest BCUT2D eigenvalue weighted by molar-refractivity contribution is 9.10. The zero-order chi connectivity index (χ0) is 17.7. The largest absolute Gasteiger partial charge is 0.493 e. The molecule has 0 atom stereocenters. The first kappa shape index (κ1) is 18.2. The molecule has 0 saturated carbocycles. The van der Waals surface area contributed by atoms with Crippen molar-refractivity contribution in [3.8, 4) is 11.5 Å². The maximum Gasteiger partial charge on any atom is 0.257 e. The molecule has 2 N–H and O–H groups in total. The number of nitrogens with one attached hydrogen (secondary N) is 2. The zero-order valence-electron chi connectivity index (χ0n) is 12.9. The van der Waals surface area contributed by atoms with Crippen molar-refractivity contribution in [3.05, 3.63) is 52.3 Å². The average molecular weight is 413 g/mol. The minimum Gasteiger partial charge on any atom is -0.493 e. The molecule has 0 aliphatic carbocycles. The fourth-order valence-corrected chi connectivity index (χ4v) is 2.43. The summed E-state index contributed by atoms with van der Waals surface area (Å²) in [6.45, 7) is 0. The lowest BCUT2D eigenvalue weighted by Gasteiger charge is -2.12. The summed E-state index contributed by atoms with van der Waals surface area (Å²) in [6, 6.07) is 9.16. The summed E-state index contributed by atoms with van der Waals surface area (Å²) in [5.74, 6) is -0.0206. The van der Waals surface area contributed by atoms with E-state index in [1.54, 1.807) is 18.2 Å². The molecule has 0 heterocycles. The molecule has 5 nitrogen and oxygen atoms in total. The molecule has 0 fully saturated rings. The van der Waals surface area contributed by atoms with Crippen molar-refractivity contribution in [1.82, 2.24) is 5.32 Å². The summed E-state index contributed by atoms with van der Waals surface area (Å²) < 4.78 is 24.6. The number of carbonyl (C=O) groups excluding carboxylic acids is 1. The molecule has 0 aromatic heterocycles. The van der Waals surface area contributed by atoms with Gasteiger partial charge in [-0.15, -0.1) is 0 Å². The Morgan fingerprint density at radius 2 is 1.83 bits per heavy atom. The Labute approximate surface area is 152 Å². The third-order valence-electron chi connectivity index (χ3n) is 3.05. The van der Waals surface area contributed by atoms with Crippen molar-refractivity contribution in [2.75, 3.05) is 19.5 Å². The van der Waals surface area contributed by atoms with Crippen LogP contribution in [-0.4, -0.2) is 25.2 Å². The lowest BCUT2D eigenvalue weighted by atomic mass is 10.2. The minimum atomic E-state index is -0.493. The third kappa shape index (κ3) is 4.42. The van der Waals surface area contributed by atoms with E-state index in [4.69, 9.17) is 21.7 Å². The van der Waals surface area contributed by atoms with E-state index in [0.717, 1.165) is 0 Å². The maximum absolute atomic E-state index is 13.8. The average Bonchev–Trinajstić information content (AvgIpc) is 2.56. The van der Waals surface area contributed by atoms with E-state index < -0.39 is 11.7 Å². The fourth-order valence-electron chi connectivity index (χ4n) is 1.90. The van der Waals surface area contributed by atoms with Crippen molar-refractivity contribution in [2.24, 2.45) is 0 Å². The van der Waals surface area contributed by atoms with E-state index in [2.05, 4.69) is 26.6 Å². The van der Waals surface area contributed by atoms with Crippen LogP contribution in [0.1, 0.15) is 10.4 Å². The quantitative estimate of drug-likeness (QED) is 0.749. The first-order chi connectivity index (χ1) is 11.4. The molecule has 2 rings (SSSR count). The molecule has 0 aliphatic rings. The van der Waals surface area contributed by atoms with Gasteiger partial charge in [0, 0.05) is 10.0 Å². The van der Waals surface area contributed by atoms with Crippen LogP contribution in [0, 0.1) is 5.82 Å². The molecular formula is C16H14BrFN2O3S. The molecule has 2 aromatic rings. The van der Waals surface area contributed by atoms with Crippen molar-refractivity contribution >= 4 is 44.9 Å². The molecule has 24 heavy (non-hydrogen) atoms. The summed E-state index contributed by atoms with van der Waals surface area (Å²) in [4.78, 5) is 12.2. The highest BCUT2D eigenvalue weighted by Gasteiger charge is 2.13. The van der Waals surface area contributed by atoms with Crippen LogP contribution in [0.2, 0.25) is 0 Å². The summed E-state index contributed by atoms with van der Waals surface area (Å²) in [7, 11) is 2.98. The van der Waals surface area contributed by atoms with Gasteiger partial charge in [0.05, 0.1) is 19.9 Å². The first-order valence-electron chi connectivity index (χ1n) is 6.74. The predicted molar refractivity (Wildman–Crippen MR) is 97.3 cm³/mol. The topological polar surface area (TPSA) is 59.6 Å². The number of rotatable bonds is 4. The minimum absolute atomic E-state index is 0.0176. The monoisotopic (exact) mass is 412 g/mol. The van der Waals surface area contributed by atoms with Gasteiger partial charge in [0.1, 0.15) is 5.82 Å². The Morgan fingerprint density at radius 3 is 2.46 bits per heavy atom. The maximum atomic E-state index is 13.8. The molecule has 8 heteroatoms. The van der Waals surface area contributed by atoms with Crippen LogP contribution in [-0.2, 0) is 0 Å². The van der Waals surface area contributed by atoms with E-state index in [1.807, 2.05) is 0 Å². The van der Waals surface area contributed by atoms with Gasteiger partial charge in [-0.2, -0.15) is 0 Å². The number of halogens is 2. The second kappa shape index (κ2) is 8.07. The van der Waals surface area contributed by atoms with Crippen LogP contribution < -0.4 is 20.1 Å². The Hall–Kier alpha value is -2.19. The van der Waals surface area contributed by atoms with Crippen molar-refractivity contribution < 1.29 is 18.7 Å². The summed E-state index contributed by atoms with van der Waals surface area (Å²) in [6.07, 6.45) is 0. The number of carbonyl (C=O) groups is 1. The summed E-state index contributed by atoms with van der Waals surface area (Å²) in [5, 5.41) is 5.10. The number of anilines is 1. The Morgan fingerprint density at radius 1 is 1.12 bits per heavy atom. The van der Waals surface area contributed by atoms with Gasteiger partial charge in [-0.1, -0.05) is 15.9 Å². The van der Waals surface area contributed by atoms with Crippen LogP contribution >= 0.6 is 28.1 Å². The number of ether oxygens (including phenoxy) is 2. The summed E-state index contributed by atoms with van der Waals surface area (Å²) in [5.41, 5.74) is 0.490. The van der Waals surface area contributed by atoms with Gasteiger partial charge in [0.15, 0.2) is 16.6 Å². The lowest BCUT2D eigenvalue weighted by Crippen LogP contribution is -2.34. The SMILES string of the molecule is COc1ccc(C(=O)NC(=S)Nc2ccc(Br)cc2F)cc1OC. The van der Waals surface area contributed by atoms with Gasteiger partial charge >= 0.3 is 0 Å². The van der Waals surface area contributed by atoms with Gasteiger partial charge in [-0.05, 0) is 48.6 Å². The lowest BCUT2D eigenvalue weighted by molar-refractivity contribution is 0.0977. The molecule has 1 amide bonds. The van der Waals surface area contributed by atoms with Crippen LogP contribution in [0.5, 0.6) is 11.5 Å². The predicted octanol–water partition coefficient (Wildman–Crippen LogP) is 3.73. The fraction of sp³-hybridized carbons (Fsp3) is 0.125. The smallest absolute Gasteiger partial charge is 0.257 e. The van der Waals surface area contributed by atoms with Crippen LogP contribution in [0.4, 0.5) is 10.1 Å². The molecule has 0 spiro atoms. The van der Waals surface area contributed by atoms with Crippen molar-refractivity contribution in [1.29, 1.82) is 0 Å². The molecule has 2 aromatic carbocycles. The number of amides is 1. The van der Waals surface area contributed by atoms with Gasteiger partial charge in [0.2, 0.25) is 0 Å². The van der Waals surface area contributed by atoms with E-state index in [9.17, 15) is 9.18 Å². The molecule has 0 saturated heterocycles. The highest BCUT2D eigenvalue weighted by atomic mass is 79.9. The van der Waals surface area contributed by atoms with Gasteiger partial charge in [-0.25, -0.2) is 4.39 Å². The standard InChI is InChI=1S/C16H14BrFN2O3S/c1-22-13-6-3-9(7-14(13)23-2)15(21)20-16(24)19-12-5-4-10(17)8-11(12)18/h3-8H,1-2H3,(H2,19,20,21,24). The van der Waals surface area contributed by atoms with E-state index in [0.29, 0.717) is 21.5 Å². The molecule has 0 aliphatic heterocycles. The Kier molecular flexibility index (Phi) is 6.10. The molecule has 126 valence electrons. The van der Waals surface area contributed by atoms with Gasteiger partial charge < -0.3 is 14.8 Å². The number of hydrogen-bond acceptors (Lipinski definition) is 4. The normalized spacial score (nSPS) is 10.0. The van der Waals surface area contributed by atoms with Crippen LogP contribution in [0.15, 0.2) is 40.9 Å². The molecule has 0 bridgehead atoms. The number of methoxy groups -OCH3 is 2. The highest BCUT2D eigenvalue weighted by Crippen LogP contribution is 2.27. The van der Waals surface area contributed by atoms with Crippen molar-refractivity contribution in [2.45, 2.75) is 0 Å². The summed E-state index contributed by atoms with van der Waals surface area (Å²) >= 11 is 8.20. The first-order valence-corrected chi connectivity index (χ1v) is 7.94. The number of benzene rings is 2. The second-order valence-corrected chi connectivity index (χ2v) is 5.93. The zero-order valence-corrected chi connectivity index (χ0v) is 15.3. The Balaban J connectivity index is 2.07. The second-order valence-electron chi connectivity index (χ2n) is 4.60. The van der Waals surface area contributed by atoms with Crippen LogP contribution in [0.3, 0.4) is 0 Å². The molecule has 0 radical (unpaired) electrons. The number of thiocarbonyl (C=S) groups is 1. The van der Waals surface area contributed by atoms with E-state index >= 15 is 0 Å². The molecule has 0 unspecified atom stereocenters. The van der Waals surface area contributed by atoms with Gasteiger partial charge in [-0.3, -0.25) is 10.1 Å². The van der Waals surface area contributed by atoms with E-state index in [1.165, 1.54) is 32.4 Å². The number of hydrogen-bond donors (Lipinski definition) is 2. The third-order valence-corrected chi connectivity index (χ3v) is 3.75. The van der Waals surface area contributed by atoms with E-state index in [-0.39, 0.29) is 10.8 Å². The molecular weight excluding hydrogens is 399 g/mol. The Bertz CT molecular complexity index is 786. The van der Waals surface area contributed by atoms with Gasteiger partial charge in [0.25, 0.3) is 5.91 Å².